The number of benzene rings is 2. The molecule has 11 heteroatoms. The predicted octanol–water partition coefficient (Wildman–Crippen LogP) is 2.18. The summed E-state index contributed by atoms with van der Waals surface area (Å²) < 4.78 is 92.4. The van der Waals surface area contributed by atoms with Gasteiger partial charge in [-0.15, -0.1) is 0 Å². The van der Waals surface area contributed by atoms with Gasteiger partial charge >= 0.3 is 0 Å². The molecule has 0 saturated carbocycles. The summed E-state index contributed by atoms with van der Waals surface area (Å²) in [7, 11) is -10.0. The largest absolute Gasteiger partial charge is 0.493 e. The normalized spacial score (nSPS) is 17.8. The van der Waals surface area contributed by atoms with Gasteiger partial charge in [-0.05, 0) is 29.8 Å². The van der Waals surface area contributed by atoms with Crippen molar-refractivity contribution in [3.8, 4) is 11.5 Å². The Bertz CT molecular complexity index is 1430. The van der Waals surface area contributed by atoms with Gasteiger partial charge in [0.2, 0.25) is 5.91 Å². The van der Waals surface area contributed by atoms with Gasteiger partial charge in [0.25, 0.3) is 11.8 Å². The van der Waals surface area contributed by atoms with Crippen LogP contribution in [0.5, 0.6) is 11.5 Å². The SMILES string of the molecule is [2H]C([2H])([2H])Oc1ccc([C@H](CS(C)(=O)=O)N2C(=O)c3cc(F)cc(NC(C)=O)c3C2=O)cc1OC([2H])([2H])[2H]. The van der Waals surface area contributed by atoms with E-state index in [2.05, 4.69) is 5.32 Å². The van der Waals surface area contributed by atoms with Crippen molar-refractivity contribution in [3.63, 3.8) is 0 Å². The number of amides is 3. The van der Waals surface area contributed by atoms with Crippen LogP contribution in [0.2, 0.25) is 0 Å². The first kappa shape index (κ1) is 16.2. The van der Waals surface area contributed by atoms with Crippen LogP contribution in [-0.2, 0) is 14.6 Å². The van der Waals surface area contributed by atoms with Crippen LogP contribution in [0.3, 0.4) is 0 Å². The topological polar surface area (TPSA) is 119 Å². The van der Waals surface area contributed by atoms with Crippen molar-refractivity contribution in [1.29, 1.82) is 0 Å². The van der Waals surface area contributed by atoms with E-state index in [1.165, 1.54) is 0 Å². The lowest BCUT2D eigenvalue weighted by Crippen LogP contribution is -2.37. The molecule has 0 spiro atoms. The number of nitrogens with zero attached hydrogens (tertiary/aromatic N) is 1. The van der Waals surface area contributed by atoms with Crippen molar-refractivity contribution in [2.24, 2.45) is 0 Å². The average Bonchev–Trinajstić information content (AvgIpc) is 2.94. The van der Waals surface area contributed by atoms with Gasteiger partial charge in [0.05, 0.1) is 50.9 Å². The number of nitrogens with one attached hydrogen (secondary N) is 1. The van der Waals surface area contributed by atoms with Crippen LogP contribution in [0.15, 0.2) is 30.3 Å². The predicted molar refractivity (Wildman–Crippen MR) is 113 cm³/mol. The Morgan fingerprint density at radius 1 is 1.16 bits per heavy atom. The molecule has 2 aromatic carbocycles. The summed E-state index contributed by atoms with van der Waals surface area (Å²) in [5.41, 5.74) is -1.24. The molecule has 1 aliphatic rings. The number of fused-ring (bicyclic) bond motifs is 1. The Kier molecular flexibility index (Phi) is 4.34. The molecule has 2 aromatic rings. The number of ether oxygens (including phenoxy) is 2. The molecule has 1 atom stereocenters. The third kappa shape index (κ3) is 4.42. The molecule has 1 heterocycles. The smallest absolute Gasteiger partial charge is 0.264 e. The third-order valence-electron chi connectivity index (χ3n) is 4.64. The van der Waals surface area contributed by atoms with Crippen molar-refractivity contribution < 1.29 is 44.9 Å². The average molecular weight is 471 g/mol. The van der Waals surface area contributed by atoms with Crippen LogP contribution in [0, 0.1) is 5.82 Å². The minimum absolute atomic E-state index is 0.136. The molecule has 0 aliphatic carbocycles. The van der Waals surface area contributed by atoms with Gasteiger partial charge in [0, 0.05) is 13.2 Å². The minimum Gasteiger partial charge on any atom is -0.493 e. The van der Waals surface area contributed by atoms with Gasteiger partial charge in [-0.1, -0.05) is 6.07 Å². The number of methoxy groups -OCH3 is 2. The van der Waals surface area contributed by atoms with E-state index in [1.54, 1.807) is 0 Å². The lowest BCUT2D eigenvalue weighted by molar-refractivity contribution is -0.114. The standard InChI is InChI=1S/C21H21FN2O7S/c1-11(25)23-15-9-13(22)8-14-19(15)21(27)24(20(14)26)16(10-32(4,28)29)12-5-6-17(30-2)18(7-12)31-3/h5-9,16H,10H2,1-4H3,(H,23,25)/t16-/m0/s1/i2D3,3D3. The molecular weight excluding hydrogens is 443 g/mol. The van der Waals surface area contributed by atoms with Gasteiger partial charge in [-0.25, -0.2) is 12.8 Å². The summed E-state index contributed by atoms with van der Waals surface area (Å²) in [6.45, 7) is 1.10. The van der Waals surface area contributed by atoms with E-state index in [1.807, 2.05) is 0 Å². The number of hydrogen-bond acceptors (Lipinski definition) is 7. The summed E-state index contributed by atoms with van der Waals surface area (Å²) >= 11 is 0. The van der Waals surface area contributed by atoms with E-state index in [-0.39, 0.29) is 16.8 Å². The van der Waals surface area contributed by atoms with Crippen molar-refractivity contribution >= 4 is 33.2 Å². The quantitative estimate of drug-likeness (QED) is 0.616. The fourth-order valence-corrected chi connectivity index (χ4v) is 4.34. The number of hydrogen-bond donors (Lipinski definition) is 1. The molecule has 0 unspecified atom stereocenters. The zero-order valence-corrected chi connectivity index (χ0v) is 17.6. The number of carbonyl (C=O) groups is 3. The molecule has 3 rings (SSSR count). The number of rotatable bonds is 7. The van der Waals surface area contributed by atoms with Crippen LogP contribution in [0.25, 0.3) is 0 Å². The molecule has 0 fully saturated rings. The Morgan fingerprint density at radius 2 is 1.84 bits per heavy atom. The highest BCUT2D eigenvalue weighted by molar-refractivity contribution is 7.90. The molecule has 1 aliphatic heterocycles. The van der Waals surface area contributed by atoms with Crippen LogP contribution in [-0.4, -0.2) is 57.1 Å². The highest BCUT2D eigenvalue weighted by Crippen LogP contribution is 2.38. The Labute approximate surface area is 192 Å². The molecule has 1 N–H and O–H groups in total. The second-order valence-corrected chi connectivity index (χ2v) is 9.24. The number of halogens is 1. The van der Waals surface area contributed by atoms with Crippen molar-refractivity contribution in [3.05, 3.63) is 52.8 Å². The number of carbonyl (C=O) groups excluding carboxylic acids is 3. The molecule has 3 amide bonds. The first-order chi connectivity index (χ1) is 17.3. The molecule has 0 saturated heterocycles. The Hall–Kier alpha value is -3.47. The lowest BCUT2D eigenvalue weighted by Gasteiger charge is -2.26. The summed E-state index contributed by atoms with van der Waals surface area (Å²) in [5.74, 6) is -5.74. The van der Waals surface area contributed by atoms with Gasteiger partial charge < -0.3 is 14.8 Å². The highest BCUT2D eigenvalue weighted by Gasteiger charge is 2.44. The summed E-state index contributed by atoms with van der Waals surface area (Å²) in [5, 5.41) is 2.26. The second-order valence-electron chi connectivity index (χ2n) is 7.06. The van der Waals surface area contributed by atoms with E-state index in [9.17, 15) is 27.2 Å². The van der Waals surface area contributed by atoms with Crippen molar-refractivity contribution in [2.45, 2.75) is 13.0 Å². The van der Waals surface area contributed by atoms with Crippen LogP contribution in [0.1, 0.15) is 47.5 Å². The minimum atomic E-state index is -3.93. The monoisotopic (exact) mass is 470 g/mol. The maximum atomic E-state index is 14.2. The Balaban J connectivity index is 2.19. The van der Waals surface area contributed by atoms with E-state index >= 15 is 0 Å². The lowest BCUT2D eigenvalue weighted by atomic mass is 10.1. The maximum absolute atomic E-state index is 14.2. The Morgan fingerprint density at radius 3 is 2.47 bits per heavy atom. The van der Waals surface area contributed by atoms with Gasteiger partial charge in [0.15, 0.2) is 11.5 Å². The van der Waals surface area contributed by atoms with Gasteiger partial charge in [-0.2, -0.15) is 0 Å². The number of anilines is 1. The fourth-order valence-electron chi connectivity index (χ4n) is 3.42. The van der Waals surface area contributed by atoms with Gasteiger partial charge in [0.1, 0.15) is 15.7 Å². The molecule has 0 aromatic heterocycles. The molecule has 9 nitrogen and oxygen atoms in total. The summed E-state index contributed by atoms with van der Waals surface area (Å²) in [4.78, 5) is 38.8. The molecule has 170 valence electrons. The van der Waals surface area contributed by atoms with Crippen LogP contribution < -0.4 is 14.8 Å². The van der Waals surface area contributed by atoms with Crippen LogP contribution >= 0.6 is 0 Å². The summed E-state index contributed by atoms with van der Waals surface area (Å²) in [6, 6.07) is 3.04. The van der Waals surface area contributed by atoms with E-state index < -0.39 is 76.3 Å². The molecule has 0 radical (unpaired) electrons. The van der Waals surface area contributed by atoms with Crippen molar-refractivity contribution in [2.75, 3.05) is 31.4 Å². The highest BCUT2D eigenvalue weighted by atomic mass is 32.2. The third-order valence-corrected chi connectivity index (χ3v) is 5.56. The first-order valence-corrected chi connectivity index (χ1v) is 11.0. The molecule has 0 bridgehead atoms. The zero-order chi connectivity index (χ0) is 28.8. The van der Waals surface area contributed by atoms with E-state index in [4.69, 9.17) is 17.7 Å². The fraction of sp³-hybridized carbons (Fsp3) is 0.286. The number of sulfone groups is 1. The first-order valence-electron chi connectivity index (χ1n) is 11.9. The van der Waals surface area contributed by atoms with Crippen molar-refractivity contribution in [1.82, 2.24) is 4.90 Å². The van der Waals surface area contributed by atoms with Crippen LogP contribution in [0.4, 0.5) is 10.1 Å². The summed E-state index contributed by atoms with van der Waals surface area (Å²) in [6.07, 6.45) is 0.826. The zero-order valence-electron chi connectivity index (χ0n) is 22.8. The molecular formula is C21H21FN2O7S. The van der Waals surface area contributed by atoms with E-state index in [0.717, 1.165) is 43.5 Å². The van der Waals surface area contributed by atoms with Gasteiger partial charge in [-0.3, -0.25) is 19.3 Å². The number of imide groups is 1. The molecule has 32 heavy (non-hydrogen) atoms. The maximum Gasteiger partial charge on any atom is 0.264 e. The van der Waals surface area contributed by atoms with E-state index in [0.29, 0.717) is 4.90 Å². The second kappa shape index (κ2) is 8.58.